The number of amides is 2. The fourth-order valence-electron chi connectivity index (χ4n) is 2.03. The second kappa shape index (κ2) is 5.38. The molecule has 0 bridgehead atoms. The van der Waals surface area contributed by atoms with Crippen LogP contribution in [0, 0.1) is 17.8 Å². The molecule has 2 amide bonds. The highest BCUT2D eigenvalue weighted by atomic mass is 16.4. The summed E-state index contributed by atoms with van der Waals surface area (Å²) >= 11 is 0. The molecule has 1 aliphatic heterocycles. The molecular formula is C12H22N2O3. The lowest BCUT2D eigenvalue weighted by Crippen LogP contribution is -2.49. The predicted octanol–water partition coefficient (Wildman–Crippen LogP) is 1.39. The van der Waals surface area contributed by atoms with Crippen molar-refractivity contribution in [1.29, 1.82) is 0 Å². The lowest BCUT2D eigenvalue weighted by molar-refractivity contribution is -0.140. The SMILES string of the molecule is CC1CN(C(=O)N[C@H](C(=O)O)C(C)C)CC1C. The van der Waals surface area contributed by atoms with Crippen LogP contribution < -0.4 is 5.32 Å². The largest absolute Gasteiger partial charge is 0.480 e. The van der Waals surface area contributed by atoms with Crippen molar-refractivity contribution in [3.63, 3.8) is 0 Å². The number of rotatable bonds is 3. The summed E-state index contributed by atoms with van der Waals surface area (Å²) in [5.41, 5.74) is 0. The first-order valence-corrected chi connectivity index (χ1v) is 6.11. The van der Waals surface area contributed by atoms with Crippen molar-refractivity contribution < 1.29 is 14.7 Å². The van der Waals surface area contributed by atoms with Crippen LogP contribution in [0.4, 0.5) is 4.79 Å². The number of nitrogens with one attached hydrogen (secondary N) is 1. The summed E-state index contributed by atoms with van der Waals surface area (Å²) in [7, 11) is 0. The average Bonchev–Trinajstić information content (AvgIpc) is 2.54. The van der Waals surface area contributed by atoms with Gasteiger partial charge < -0.3 is 15.3 Å². The zero-order valence-corrected chi connectivity index (χ0v) is 10.9. The molecule has 5 nitrogen and oxygen atoms in total. The van der Waals surface area contributed by atoms with Gasteiger partial charge in [-0.05, 0) is 17.8 Å². The van der Waals surface area contributed by atoms with Crippen LogP contribution >= 0.6 is 0 Å². The maximum absolute atomic E-state index is 11.9. The fourth-order valence-corrected chi connectivity index (χ4v) is 2.03. The van der Waals surface area contributed by atoms with Gasteiger partial charge in [0.1, 0.15) is 6.04 Å². The van der Waals surface area contributed by atoms with Crippen molar-refractivity contribution in [3.05, 3.63) is 0 Å². The monoisotopic (exact) mass is 242 g/mol. The third kappa shape index (κ3) is 3.35. The summed E-state index contributed by atoms with van der Waals surface area (Å²) in [5.74, 6) is -0.145. The maximum Gasteiger partial charge on any atom is 0.326 e. The van der Waals surface area contributed by atoms with E-state index < -0.39 is 12.0 Å². The Balaban J connectivity index is 2.57. The van der Waals surface area contributed by atoms with Gasteiger partial charge >= 0.3 is 12.0 Å². The third-order valence-electron chi connectivity index (χ3n) is 3.49. The van der Waals surface area contributed by atoms with E-state index in [2.05, 4.69) is 19.2 Å². The number of aliphatic carboxylic acids is 1. The van der Waals surface area contributed by atoms with Gasteiger partial charge in [-0.15, -0.1) is 0 Å². The molecule has 1 fully saturated rings. The average molecular weight is 242 g/mol. The van der Waals surface area contributed by atoms with Crippen LogP contribution in [-0.2, 0) is 4.79 Å². The Kier molecular flexibility index (Phi) is 4.37. The number of carboxylic acids is 1. The first-order valence-electron chi connectivity index (χ1n) is 6.11. The summed E-state index contributed by atoms with van der Waals surface area (Å²) in [5, 5.41) is 11.6. The van der Waals surface area contributed by atoms with E-state index in [4.69, 9.17) is 5.11 Å². The van der Waals surface area contributed by atoms with Crippen LogP contribution in [0.15, 0.2) is 0 Å². The zero-order chi connectivity index (χ0) is 13.2. The summed E-state index contributed by atoms with van der Waals surface area (Å²) in [6.07, 6.45) is 0. The smallest absolute Gasteiger partial charge is 0.326 e. The van der Waals surface area contributed by atoms with Crippen molar-refractivity contribution in [1.82, 2.24) is 10.2 Å². The highest BCUT2D eigenvalue weighted by Crippen LogP contribution is 2.22. The van der Waals surface area contributed by atoms with Gasteiger partial charge in [0.05, 0.1) is 0 Å². The third-order valence-corrected chi connectivity index (χ3v) is 3.49. The van der Waals surface area contributed by atoms with E-state index in [0.717, 1.165) is 0 Å². The molecule has 1 heterocycles. The molecule has 0 aromatic rings. The molecule has 98 valence electrons. The molecule has 17 heavy (non-hydrogen) atoms. The molecule has 0 saturated carbocycles. The van der Waals surface area contributed by atoms with Crippen LogP contribution in [0.5, 0.6) is 0 Å². The summed E-state index contributed by atoms with van der Waals surface area (Å²) < 4.78 is 0. The molecule has 0 spiro atoms. The van der Waals surface area contributed by atoms with Crippen LogP contribution in [0.25, 0.3) is 0 Å². The van der Waals surface area contributed by atoms with Gasteiger partial charge in [-0.1, -0.05) is 27.7 Å². The normalized spacial score (nSPS) is 26.1. The van der Waals surface area contributed by atoms with Gasteiger partial charge in [0.2, 0.25) is 0 Å². The number of nitrogens with zero attached hydrogens (tertiary/aromatic N) is 1. The van der Waals surface area contributed by atoms with Crippen molar-refractivity contribution in [3.8, 4) is 0 Å². The summed E-state index contributed by atoms with van der Waals surface area (Å²) in [6.45, 7) is 9.20. The highest BCUT2D eigenvalue weighted by Gasteiger charge is 2.32. The van der Waals surface area contributed by atoms with Crippen LogP contribution in [0.1, 0.15) is 27.7 Å². The van der Waals surface area contributed by atoms with E-state index in [1.807, 2.05) is 0 Å². The molecule has 0 aromatic heterocycles. The Morgan fingerprint density at radius 2 is 1.71 bits per heavy atom. The number of urea groups is 1. The first-order chi connectivity index (χ1) is 7.82. The van der Waals surface area contributed by atoms with Gasteiger partial charge in [-0.3, -0.25) is 0 Å². The Labute approximate surface area is 102 Å². The van der Waals surface area contributed by atoms with Gasteiger partial charge in [0.15, 0.2) is 0 Å². The Morgan fingerprint density at radius 1 is 1.24 bits per heavy atom. The van der Waals surface area contributed by atoms with Crippen LogP contribution in [0.2, 0.25) is 0 Å². The lowest BCUT2D eigenvalue weighted by atomic mass is 10.0. The molecule has 0 aliphatic carbocycles. The minimum Gasteiger partial charge on any atom is -0.480 e. The molecular weight excluding hydrogens is 220 g/mol. The minimum absolute atomic E-state index is 0.117. The number of carboxylic acid groups (broad SMARTS) is 1. The van der Waals surface area contributed by atoms with E-state index in [-0.39, 0.29) is 11.9 Å². The predicted molar refractivity (Wildman–Crippen MR) is 64.7 cm³/mol. The maximum atomic E-state index is 11.9. The van der Waals surface area contributed by atoms with E-state index in [9.17, 15) is 9.59 Å². The standard InChI is InChI=1S/C12H22N2O3/c1-7(2)10(11(15)16)13-12(17)14-5-8(3)9(4)6-14/h7-10H,5-6H2,1-4H3,(H,13,17)(H,15,16)/t8?,9?,10-/m0/s1. The Hall–Kier alpha value is -1.26. The molecule has 1 rings (SSSR count). The zero-order valence-electron chi connectivity index (χ0n) is 10.9. The van der Waals surface area contributed by atoms with Gasteiger partial charge in [0, 0.05) is 13.1 Å². The molecule has 3 atom stereocenters. The number of carbonyl (C=O) groups is 2. The topological polar surface area (TPSA) is 69.6 Å². The summed E-state index contributed by atoms with van der Waals surface area (Å²) in [6, 6.07) is -1.07. The second-order valence-corrected chi connectivity index (χ2v) is 5.37. The van der Waals surface area contributed by atoms with Crippen molar-refractivity contribution >= 4 is 12.0 Å². The minimum atomic E-state index is -0.978. The van der Waals surface area contributed by atoms with E-state index >= 15 is 0 Å². The first kappa shape index (κ1) is 13.8. The van der Waals surface area contributed by atoms with E-state index in [1.54, 1.807) is 18.7 Å². The van der Waals surface area contributed by atoms with Gasteiger partial charge in [-0.2, -0.15) is 0 Å². The molecule has 2 N–H and O–H groups in total. The van der Waals surface area contributed by atoms with Crippen molar-refractivity contribution in [2.45, 2.75) is 33.7 Å². The highest BCUT2D eigenvalue weighted by molar-refractivity contribution is 5.82. The molecule has 2 unspecified atom stereocenters. The van der Waals surface area contributed by atoms with Gasteiger partial charge in [-0.25, -0.2) is 9.59 Å². The summed E-state index contributed by atoms with van der Waals surface area (Å²) in [4.78, 5) is 24.6. The van der Waals surface area contributed by atoms with E-state index in [1.165, 1.54) is 0 Å². The quantitative estimate of drug-likeness (QED) is 0.785. The number of hydrogen-bond donors (Lipinski definition) is 2. The van der Waals surface area contributed by atoms with Crippen molar-refractivity contribution in [2.24, 2.45) is 17.8 Å². The van der Waals surface area contributed by atoms with E-state index in [0.29, 0.717) is 24.9 Å². The lowest BCUT2D eigenvalue weighted by Gasteiger charge is -2.23. The Morgan fingerprint density at radius 3 is 2.06 bits per heavy atom. The number of likely N-dealkylation sites (tertiary alicyclic amines) is 1. The molecule has 1 saturated heterocycles. The van der Waals surface area contributed by atoms with Crippen molar-refractivity contribution in [2.75, 3.05) is 13.1 Å². The molecule has 0 radical (unpaired) electrons. The fraction of sp³-hybridized carbons (Fsp3) is 0.833. The second-order valence-electron chi connectivity index (χ2n) is 5.37. The van der Waals surface area contributed by atoms with Gasteiger partial charge in [0.25, 0.3) is 0 Å². The van der Waals surface area contributed by atoms with Crippen LogP contribution in [-0.4, -0.2) is 41.1 Å². The Bertz CT molecular complexity index is 294. The molecule has 0 aromatic carbocycles. The number of carbonyl (C=O) groups excluding carboxylic acids is 1. The molecule has 1 aliphatic rings. The van der Waals surface area contributed by atoms with Crippen LogP contribution in [0.3, 0.4) is 0 Å². The number of hydrogen-bond acceptors (Lipinski definition) is 2. The molecule has 5 heteroatoms.